The highest BCUT2D eigenvalue weighted by Crippen LogP contribution is 2.06. The summed E-state index contributed by atoms with van der Waals surface area (Å²) in [4.78, 5) is 44.9. The van der Waals surface area contributed by atoms with Crippen molar-refractivity contribution in [1.82, 2.24) is 10.6 Å². The van der Waals surface area contributed by atoms with Gasteiger partial charge in [0.05, 0.1) is 6.04 Å². The fraction of sp³-hybridized carbons (Fsp3) is 0.476. The smallest absolute Gasteiger partial charge is 0.326 e. The Morgan fingerprint density at radius 1 is 0.824 bits per heavy atom. The molecule has 0 aromatic heterocycles. The Balaban J connectivity index is 2.82. The first kappa shape index (κ1) is 28.2. The van der Waals surface area contributed by atoms with Crippen molar-refractivity contribution >= 4 is 29.7 Å². The van der Waals surface area contributed by atoms with Crippen LogP contribution in [0.25, 0.3) is 0 Å². The Hall–Kier alpha value is -3.87. The van der Waals surface area contributed by atoms with Crippen LogP contribution >= 0.6 is 0 Å². The molecular formula is C21H35N9O4. The Labute approximate surface area is 198 Å². The fourth-order valence-electron chi connectivity index (χ4n) is 3.02. The molecule has 0 heterocycles. The lowest BCUT2D eigenvalue weighted by atomic mass is 10.0. The number of rotatable bonds is 15. The van der Waals surface area contributed by atoms with Gasteiger partial charge in [0, 0.05) is 19.5 Å². The van der Waals surface area contributed by atoms with Gasteiger partial charge in [-0.05, 0) is 31.2 Å². The number of benzene rings is 1. The molecule has 0 radical (unpaired) electrons. The first-order valence-corrected chi connectivity index (χ1v) is 10.8. The van der Waals surface area contributed by atoms with Crippen LogP contribution in [0.4, 0.5) is 0 Å². The number of amides is 2. The van der Waals surface area contributed by atoms with Gasteiger partial charge in [0.25, 0.3) is 0 Å². The number of guanidine groups is 2. The van der Waals surface area contributed by atoms with E-state index < -0.39 is 35.9 Å². The summed E-state index contributed by atoms with van der Waals surface area (Å²) in [6, 6.07) is 5.77. The molecule has 34 heavy (non-hydrogen) atoms. The molecule has 1 rings (SSSR count). The molecule has 2 amide bonds. The van der Waals surface area contributed by atoms with Crippen molar-refractivity contribution in [2.45, 2.75) is 50.2 Å². The van der Waals surface area contributed by atoms with Gasteiger partial charge < -0.3 is 44.4 Å². The lowest BCUT2D eigenvalue weighted by Gasteiger charge is -2.23. The minimum atomic E-state index is -1.20. The first-order chi connectivity index (χ1) is 16.1. The Morgan fingerprint density at radius 3 is 1.88 bits per heavy atom. The summed E-state index contributed by atoms with van der Waals surface area (Å²) in [6.07, 6.45) is 1.38. The standard InChI is InChI=1S/C21H35N9O4/c22-14(8-4-10-27-20(23)24)17(31)29-15(9-5-11-28-21(25)26)18(32)30-16(19(33)34)12-13-6-2-1-3-7-13/h1-3,6-7,14-16H,4-5,8-12,22H2,(H,29,31)(H,30,32)(H,33,34)(H4,23,24,27)(H4,25,26,28). The summed E-state index contributed by atoms with van der Waals surface area (Å²) < 4.78 is 0. The molecule has 1 aromatic carbocycles. The van der Waals surface area contributed by atoms with Crippen molar-refractivity contribution in [3.63, 3.8) is 0 Å². The zero-order valence-corrected chi connectivity index (χ0v) is 19.0. The normalized spacial score (nSPS) is 13.1. The molecule has 1 aromatic rings. The number of nitrogens with two attached hydrogens (primary N) is 5. The van der Waals surface area contributed by atoms with Gasteiger partial charge in [-0.15, -0.1) is 0 Å². The van der Waals surface area contributed by atoms with Gasteiger partial charge >= 0.3 is 5.97 Å². The summed E-state index contributed by atoms with van der Waals surface area (Å²) in [5, 5.41) is 14.7. The number of hydrogen-bond donors (Lipinski definition) is 8. The summed E-state index contributed by atoms with van der Waals surface area (Å²) >= 11 is 0. The van der Waals surface area contributed by atoms with Gasteiger partial charge in [-0.1, -0.05) is 30.3 Å². The molecule has 188 valence electrons. The molecule has 0 saturated heterocycles. The van der Waals surface area contributed by atoms with Gasteiger partial charge in [-0.25, -0.2) is 4.79 Å². The topological polar surface area (TPSA) is 250 Å². The summed E-state index contributed by atoms with van der Waals surface area (Å²) in [7, 11) is 0. The molecule has 13 heteroatoms. The number of carboxylic acid groups (broad SMARTS) is 1. The van der Waals surface area contributed by atoms with E-state index in [9.17, 15) is 19.5 Å². The van der Waals surface area contributed by atoms with Crippen molar-refractivity contribution in [3.05, 3.63) is 35.9 Å². The third-order valence-electron chi connectivity index (χ3n) is 4.78. The van der Waals surface area contributed by atoms with Crippen LogP contribution in [0, 0.1) is 0 Å². The zero-order valence-electron chi connectivity index (χ0n) is 19.0. The molecule has 3 atom stereocenters. The quantitative estimate of drug-likeness (QED) is 0.0768. The molecular weight excluding hydrogens is 442 g/mol. The molecule has 0 aliphatic rings. The van der Waals surface area contributed by atoms with Crippen molar-refractivity contribution in [2.75, 3.05) is 13.1 Å². The van der Waals surface area contributed by atoms with E-state index >= 15 is 0 Å². The van der Waals surface area contributed by atoms with Gasteiger partial charge in [0.15, 0.2) is 11.9 Å². The lowest BCUT2D eigenvalue weighted by Crippen LogP contribution is -2.54. The minimum Gasteiger partial charge on any atom is -0.480 e. The Kier molecular flexibility index (Phi) is 12.5. The van der Waals surface area contributed by atoms with E-state index in [-0.39, 0.29) is 37.7 Å². The Bertz CT molecular complexity index is 853. The number of aliphatic imine (C=N–C) groups is 2. The number of carboxylic acids is 1. The second-order valence-corrected chi connectivity index (χ2v) is 7.65. The number of hydrogen-bond acceptors (Lipinski definition) is 6. The number of carbonyl (C=O) groups excluding carboxylic acids is 2. The van der Waals surface area contributed by atoms with E-state index in [4.69, 9.17) is 28.7 Å². The molecule has 0 saturated carbocycles. The number of aliphatic carboxylic acids is 1. The highest BCUT2D eigenvalue weighted by molar-refractivity contribution is 5.91. The van der Waals surface area contributed by atoms with Crippen LogP contribution in [0.1, 0.15) is 31.2 Å². The lowest BCUT2D eigenvalue weighted by molar-refractivity contribution is -0.142. The van der Waals surface area contributed by atoms with Crippen LogP contribution in [0.15, 0.2) is 40.3 Å². The summed E-state index contributed by atoms with van der Waals surface area (Å²) in [5.41, 5.74) is 27.8. The largest absolute Gasteiger partial charge is 0.480 e. The van der Waals surface area contributed by atoms with Crippen LogP contribution in [0.2, 0.25) is 0 Å². The van der Waals surface area contributed by atoms with E-state index in [2.05, 4.69) is 20.6 Å². The van der Waals surface area contributed by atoms with Crippen molar-refractivity contribution in [1.29, 1.82) is 0 Å². The van der Waals surface area contributed by atoms with Crippen LogP contribution in [-0.4, -0.2) is 66.0 Å². The van der Waals surface area contributed by atoms with Crippen molar-refractivity contribution < 1.29 is 19.5 Å². The maximum Gasteiger partial charge on any atom is 0.326 e. The molecule has 13 nitrogen and oxygen atoms in total. The second-order valence-electron chi connectivity index (χ2n) is 7.65. The first-order valence-electron chi connectivity index (χ1n) is 10.8. The average molecular weight is 478 g/mol. The molecule has 0 aliphatic carbocycles. The molecule has 3 unspecified atom stereocenters. The van der Waals surface area contributed by atoms with Gasteiger partial charge in [0.2, 0.25) is 11.8 Å². The van der Waals surface area contributed by atoms with E-state index in [1.165, 1.54) is 0 Å². The highest BCUT2D eigenvalue weighted by atomic mass is 16.4. The van der Waals surface area contributed by atoms with E-state index in [1.54, 1.807) is 30.3 Å². The van der Waals surface area contributed by atoms with E-state index in [1.807, 2.05) is 0 Å². The van der Waals surface area contributed by atoms with Gasteiger partial charge in [-0.3, -0.25) is 19.6 Å². The van der Waals surface area contributed by atoms with Crippen molar-refractivity contribution in [2.24, 2.45) is 38.7 Å². The number of nitrogens with zero attached hydrogens (tertiary/aromatic N) is 2. The molecule has 0 aliphatic heterocycles. The van der Waals surface area contributed by atoms with Crippen LogP contribution in [0.5, 0.6) is 0 Å². The molecule has 0 spiro atoms. The summed E-state index contributed by atoms with van der Waals surface area (Å²) in [5.74, 6) is -2.55. The molecule has 0 fully saturated rings. The maximum absolute atomic E-state index is 12.9. The monoisotopic (exact) mass is 477 g/mol. The highest BCUT2D eigenvalue weighted by Gasteiger charge is 2.27. The number of carbonyl (C=O) groups is 3. The van der Waals surface area contributed by atoms with Crippen LogP contribution in [0.3, 0.4) is 0 Å². The minimum absolute atomic E-state index is 0.0565. The fourth-order valence-corrected chi connectivity index (χ4v) is 3.02. The third kappa shape index (κ3) is 11.7. The van der Waals surface area contributed by atoms with E-state index in [0.717, 1.165) is 5.56 Å². The third-order valence-corrected chi connectivity index (χ3v) is 4.78. The van der Waals surface area contributed by atoms with E-state index in [0.29, 0.717) is 19.4 Å². The summed E-state index contributed by atoms with van der Waals surface area (Å²) in [6.45, 7) is 0.546. The second kappa shape index (κ2) is 15.1. The van der Waals surface area contributed by atoms with Gasteiger partial charge in [0.1, 0.15) is 12.1 Å². The number of nitrogens with one attached hydrogen (secondary N) is 2. The predicted octanol–water partition coefficient (Wildman–Crippen LogP) is -2.28. The zero-order chi connectivity index (χ0) is 25.5. The maximum atomic E-state index is 12.9. The van der Waals surface area contributed by atoms with Gasteiger partial charge in [-0.2, -0.15) is 0 Å². The molecule has 13 N–H and O–H groups in total. The SMILES string of the molecule is NC(N)=NCCCC(N)C(=O)NC(CCCN=C(N)N)C(=O)NC(Cc1ccccc1)C(=O)O. The van der Waals surface area contributed by atoms with Crippen molar-refractivity contribution in [3.8, 4) is 0 Å². The average Bonchev–Trinajstić information content (AvgIpc) is 2.78. The Morgan fingerprint density at radius 2 is 1.35 bits per heavy atom. The van der Waals surface area contributed by atoms with Crippen LogP contribution in [-0.2, 0) is 20.8 Å². The van der Waals surface area contributed by atoms with Crippen LogP contribution < -0.4 is 39.3 Å². The predicted molar refractivity (Wildman–Crippen MR) is 129 cm³/mol. The molecule has 0 bridgehead atoms.